The first-order valence-electron chi connectivity index (χ1n) is 5.97. The number of carbonyl (C=O) groups is 1. The number of nitrogen functional groups attached to an aromatic ring is 1. The summed E-state index contributed by atoms with van der Waals surface area (Å²) in [5.74, 6) is -0.197. The summed E-state index contributed by atoms with van der Waals surface area (Å²) in [5.41, 5.74) is 6.44. The summed E-state index contributed by atoms with van der Waals surface area (Å²) in [7, 11) is 2.07. The van der Waals surface area contributed by atoms with Crippen LogP contribution in [0.4, 0.5) is 5.69 Å². The molecule has 0 spiro atoms. The lowest BCUT2D eigenvalue weighted by Crippen LogP contribution is -2.38. The van der Waals surface area contributed by atoms with Gasteiger partial charge in [-0.25, -0.2) is 4.98 Å². The zero-order valence-corrected chi connectivity index (χ0v) is 11.1. The highest BCUT2D eigenvalue weighted by Crippen LogP contribution is 2.16. The minimum atomic E-state index is -0.197. The van der Waals surface area contributed by atoms with Crippen molar-refractivity contribution in [1.82, 2.24) is 15.2 Å². The normalized spacial score (nSPS) is 20.0. The van der Waals surface area contributed by atoms with Crippen molar-refractivity contribution < 1.29 is 4.79 Å². The van der Waals surface area contributed by atoms with E-state index in [0.717, 1.165) is 13.0 Å². The highest BCUT2D eigenvalue weighted by Gasteiger charge is 2.21. The Kier molecular flexibility index (Phi) is 4.04. The van der Waals surface area contributed by atoms with Gasteiger partial charge in [0.1, 0.15) is 5.15 Å². The molecule has 98 valence electrons. The molecule has 0 radical (unpaired) electrons. The average molecular weight is 269 g/mol. The van der Waals surface area contributed by atoms with E-state index in [9.17, 15) is 4.79 Å². The Morgan fingerprint density at radius 2 is 2.50 bits per heavy atom. The van der Waals surface area contributed by atoms with Crippen LogP contribution >= 0.6 is 11.6 Å². The highest BCUT2D eigenvalue weighted by atomic mass is 35.5. The van der Waals surface area contributed by atoms with Gasteiger partial charge in [0.05, 0.1) is 17.4 Å². The van der Waals surface area contributed by atoms with Gasteiger partial charge < -0.3 is 16.0 Å². The van der Waals surface area contributed by atoms with Crippen molar-refractivity contribution in [1.29, 1.82) is 0 Å². The molecule has 1 amide bonds. The van der Waals surface area contributed by atoms with Gasteiger partial charge >= 0.3 is 0 Å². The molecule has 2 heterocycles. The summed E-state index contributed by atoms with van der Waals surface area (Å²) in [6.07, 6.45) is 3.70. The summed E-state index contributed by atoms with van der Waals surface area (Å²) in [6.45, 7) is 1.72. The number of amides is 1. The summed E-state index contributed by atoms with van der Waals surface area (Å²) in [6, 6.07) is 1.90. The SMILES string of the molecule is CN1CCCC1CNC(=O)c1cc(Cl)ncc1N. The molecule has 3 N–H and O–H groups in total. The van der Waals surface area contributed by atoms with Crippen LogP contribution in [0.25, 0.3) is 0 Å². The van der Waals surface area contributed by atoms with Crippen LogP contribution in [0, 0.1) is 0 Å². The Morgan fingerprint density at radius 3 is 3.17 bits per heavy atom. The second kappa shape index (κ2) is 5.54. The fourth-order valence-electron chi connectivity index (χ4n) is 2.18. The van der Waals surface area contributed by atoms with Gasteiger partial charge in [-0.3, -0.25) is 4.79 Å². The molecule has 1 aromatic heterocycles. The lowest BCUT2D eigenvalue weighted by atomic mass is 10.2. The Bertz CT molecular complexity index is 452. The summed E-state index contributed by atoms with van der Waals surface area (Å²) in [4.78, 5) is 18.1. The van der Waals surface area contributed by atoms with Crippen LogP contribution in [-0.4, -0.2) is 42.0 Å². The molecule has 1 unspecified atom stereocenters. The summed E-state index contributed by atoms with van der Waals surface area (Å²) >= 11 is 5.76. The molecule has 18 heavy (non-hydrogen) atoms. The standard InChI is InChI=1S/C12H17ClN4O/c1-17-4-2-3-8(17)6-16-12(18)9-5-11(13)15-7-10(9)14/h5,7-8H,2-4,6,14H2,1H3,(H,16,18). The molecule has 1 aliphatic heterocycles. The number of carbonyl (C=O) groups excluding carboxylic acids is 1. The highest BCUT2D eigenvalue weighted by molar-refractivity contribution is 6.29. The minimum Gasteiger partial charge on any atom is -0.397 e. The molecule has 0 bridgehead atoms. The fraction of sp³-hybridized carbons (Fsp3) is 0.500. The third-order valence-corrected chi connectivity index (χ3v) is 3.52. The number of nitrogens with zero attached hydrogens (tertiary/aromatic N) is 2. The third-order valence-electron chi connectivity index (χ3n) is 3.32. The van der Waals surface area contributed by atoms with Crippen LogP contribution in [0.3, 0.4) is 0 Å². The first-order chi connectivity index (χ1) is 8.58. The van der Waals surface area contributed by atoms with Crippen molar-refractivity contribution >= 4 is 23.2 Å². The Hall–Kier alpha value is -1.33. The van der Waals surface area contributed by atoms with Crippen LogP contribution in [0.15, 0.2) is 12.3 Å². The number of pyridine rings is 1. The second-order valence-corrected chi connectivity index (χ2v) is 4.97. The van der Waals surface area contributed by atoms with E-state index in [1.54, 1.807) is 0 Å². The number of hydrogen-bond acceptors (Lipinski definition) is 4. The van der Waals surface area contributed by atoms with Gasteiger partial charge in [0.15, 0.2) is 0 Å². The first kappa shape index (κ1) is 13.1. The van der Waals surface area contributed by atoms with E-state index in [2.05, 4.69) is 22.2 Å². The van der Waals surface area contributed by atoms with Crippen molar-refractivity contribution in [3.05, 3.63) is 23.0 Å². The number of likely N-dealkylation sites (tertiary alicyclic amines) is 1. The maximum Gasteiger partial charge on any atom is 0.253 e. The zero-order valence-electron chi connectivity index (χ0n) is 10.3. The van der Waals surface area contributed by atoms with Gasteiger partial charge in [-0.05, 0) is 32.5 Å². The van der Waals surface area contributed by atoms with Gasteiger partial charge in [0.2, 0.25) is 0 Å². The summed E-state index contributed by atoms with van der Waals surface area (Å²) < 4.78 is 0. The number of rotatable bonds is 3. The number of halogens is 1. The fourth-order valence-corrected chi connectivity index (χ4v) is 2.34. The number of hydrogen-bond donors (Lipinski definition) is 2. The average Bonchev–Trinajstić information content (AvgIpc) is 2.75. The van der Waals surface area contributed by atoms with Crippen molar-refractivity contribution in [2.24, 2.45) is 0 Å². The largest absolute Gasteiger partial charge is 0.397 e. The zero-order chi connectivity index (χ0) is 13.1. The molecule has 2 rings (SSSR count). The maximum absolute atomic E-state index is 12.0. The molecule has 0 aliphatic carbocycles. The van der Waals surface area contributed by atoms with Gasteiger partial charge in [-0.15, -0.1) is 0 Å². The van der Waals surface area contributed by atoms with Crippen molar-refractivity contribution in [2.75, 3.05) is 25.9 Å². The van der Waals surface area contributed by atoms with Crippen molar-refractivity contribution in [3.8, 4) is 0 Å². The molecule has 1 fully saturated rings. The molecule has 0 aromatic carbocycles. The van der Waals surface area contributed by atoms with Crippen molar-refractivity contribution in [2.45, 2.75) is 18.9 Å². The number of likely N-dealkylation sites (N-methyl/N-ethyl adjacent to an activating group) is 1. The first-order valence-corrected chi connectivity index (χ1v) is 6.35. The molecule has 6 heteroatoms. The monoisotopic (exact) mass is 268 g/mol. The van der Waals surface area contributed by atoms with E-state index in [1.807, 2.05) is 0 Å². The lowest BCUT2D eigenvalue weighted by molar-refractivity contribution is 0.0944. The van der Waals surface area contributed by atoms with E-state index in [4.69, 9.17) is 17.3 Å². The van der Waals surface area contributed by atoms with Gasteiger partial charge in [-0.2, -0.15) is 0 Å². The molecule has 0 saturated carbocycles. The molecule has 1 atom stereocenters. The minimum absolute atomic E-state index is 0.197. The maximum atomic E-state index is 12.0. The lowest BCUT2D eigenvalue weighted by Gasteiger charge is -2.19. The molecular weight excluding hydrogens is 252 g/mol. The Balaban J connectivity index is 1.97. The van der Waals surface area contributed by atoms with Crippen LogP contribution in [0.2, 0.25) is 5.15 Å². The topological polar surface area (TPSA) is 71.2 Å². The summed E-state index contributed by atoms with van der Waals surface area (Å²) in [5, 5.41) is 3.16. The number of anilines is 1. The molecule has 1 aromatic rings. The number of aromatic nitrogens is 1. The van der Waals surface area contributed by atoms with Gasteiger partial charge in [-0.1, -0.05) is 11.6 Å². The predicted molar refractivity (Wildman–Crippen MR) is 71.6 cm³/mol. The number of nitrogens with one attached hydrogen (secondary N) is 1. The van der Waals surface area contributed by atoms with Crippen molar-refractivity contribution in [3.63, 3.8) is 0 Å². The molecule has 1 aliphatic rings. The molecule has 5 nitrogen and oxygen atoms in total. The van der Waals surface area contributed by atoms with Gasteiger partial charge in [0, 0.05) is 12.6 Å². The predicted octanol–water partition coefficient (Wildman–Crippen LogP) is 1.14. The van der Waals surface area contributed by atoms with Crippen LogP contribution in [0.1, 0.15) is 23.2 Å². The Labute approximate surface area is 111 Å². The van der Waals surface area contributed by atoms with Crippen LogP contribution in [-0.2, 0) is 0 Å². The third kappa shape index (κ3) is 2.91. The van der Waals surface area contributed by atoms with Crippen LogP contribution in [0.5, 0.6) is 0 Å². The second-order valence-electron chi connectivity index (χ2n) is 4.58. The Morgan fingerprint density at radius 1 is 1.72 bits per heavy atom. The van der Waals surface area contributed by atoms with E-state index >= 15 is 0 Å². The van der Waals surface area contributed by atoms with Gasteiger partial charge in [0.25, 0.3) is 5.91 Å². The van der Waals surface area contributed by atoms with E-state index in [-0.39, 0.29) is 11.1 Å². The molecule has 1 saturated heterocycles. The quantitative estimate of drug-likeness (QED) is 0.807. The van der Waals surface area contributed by atoms with E-state index in [0.29, 0.717) is 23.8 Å². The van der Waals surface area contributed by atoms with Crippen LogP contribution < -0.4 is 11.1 Å². The smallest absolute Gasteiger partial charge is 0.253 e. The van der Waals surface area contributed by atoms with E-state index in [1.165, 1.54) is 18.7 Å². The molecular formula is C12H17ClN4O. The van der Waals surface area contributed by atoms with E-state index < -0.39 is 0 Å². The number of nitrogens with two attached hydrogens (primary N) is 1.